The summed E-state index contributed by atoms with van der Waals surface area (Å²) in [6.45, 7) is 0. The van der Waals surface area contributed by atoms with Gasteiger partial charge in [-0.3, -0.25) is 4.79 Å². The fourth-order valence-electron chi connectivity index (χ4n) is 2.57. The molecule has 0 unspecified atom stereocenters. The van der Waals surface area contributed by atoms with Crippen molar-refractivity contribution in [2.75, 3.05) is 5.32 Å². The molecule has 3 aromatic carbocycles. The average Bonchev–Trinajstić information content (AvgIpc) is 2.61. The van der Waals surface area contributed by atoms with Crippen LogP contribution in [0.25, 0.3) is 11.1 Å². The topological polar surface area (TPSA) is 49.3 Å². The number of phenolic OH excluding ortho intramolecular Hbond substituents is 1. The fraction of sp³-hybridized carbons (Fsp3) is 0.0952. The maximum absolute atomic E-state index is 12.0. The number of carbonyl (C=O) groups excluding carboxylic acids is 1. The third-order valence-corrected chi connectivity index (χ3v) is 4.14. The van der Waals surface area contributed by atoms with Crippen molar-refractivity contribution >= 4 is 23.2 Å². The Labute approximate surface area is 151 Å². The van der Waals surface area contributed by atoms with E-state index in [4.69, 9.17) is 11.6 Å². The molecule has 3 aromatic rings. The summed E-state index contributed by atoms with van der Waals surface area (Å²) in [7, 11) is 0. The molecule has 0 radical (unpaired) electrons. The second kappa shape index (κ2) is 7.86. The maximum Gasteiger partial charge on any atom is 0.224 e. The molecule has 4 heteroatoms. The minimum atomic E-state index is -0.0372. The molecule has 0 saturated heterocycles. The van der Waals surface area contributed by atoms with E-state index in [0.717, 1.165) is 16.7 Å². The van der Waals surface area contributed by atoms with Crippen molar-refractivity contribution in [1.82, 2.24) is 0 Å². The highest BCUT2D eigenvalue weighted by molar-refractivity contribution is 6.30. The number of hydrogen-bond acceptors (Lipinski definition) is 2. The minimum Gasteiger partial charge on any atom is -0.508 e. The number of hydrogen-bond donors (Lipinski definition) is 2. The summed E-state index contributed by atoms with van der Waals surface area (Å²) in [5.74, 6) is 0.218. The Balaban J connectivity index is 1.56. The summed E-state index contributed by atoms with van der Waals surface area (Å²) in [5.41, 5.74) is 3.93. The van der Waals surface area contributed by atoms with Gasteiger partial charge in [0.25, 0.3) is 0 Å². The molecule has 0 aliphatic rings. The lowest BCUT2D eigenvalue weighted by molar-refractivity contribution is -0.116. The van der Waals surface area contributed by atoms with Gasteiger partial charge in [0, 0.05) is 17.1 Å². The predicted octanol–water partition coefficient (Wildman–Crippen LogP) is 5.28. The molecule has 0 aromatic heterocycles. The number of aryl methyl sites for hydroxylation is 1. The lowest BCUT2D eigenvalue weighted by Gasteiger charge is -2.07. The van der Waals surface area contributed by atoms with E-state index in [2.05, 4.69) is 5.32 Å². The van der Waals surface area contributed by atoms with Crippen molar-refractivity contribution in [1.29, 1.82) is 0 Å². The lowest BCUT2D eigenvalue weighted by Crippen LogP contribution is -2.12. The second-order valence-electron chi connectivity index (χ2n) is 5.80. The average molecular weight is 352 g/mol. The zero-order valence-electron chi connectivity index (χ0n) is 13.6. The molecule has 0 aliphatic carbocycles. The first-order chi connectivity index (χ1) is 12.1. The smallest absolute Gasteiger partial charge is 0.224 e. The number of carbonyl (C=O) groups is 1. The van der Waals surface area contributed by atoms with Crippen LogP contribution in [-0.2, 0) is 11.2 Å². The number of benzene rings is 3. The largest absolute Gasteiger partial charge is 0.508 e. The standard InChI is InChI=1S/C21H18ClNO2/c22-18-2-1-3-19(14-18)23-21(25)13-6-15-4-7-16(8-5-15)17-9-11-20(24)12-10-17/h1-5,7-12,14,24H,6,13H2,(H,23,25). The van der Waals surface area contributed by atoms with Gasteiger partial charge < -0.3 is 10.4 Å². The van der Waals surface area contributed by atoms with Crippen LogP contribution in [0, 0.1) is 0 Å². The highest BCUT2D eigenvalue weighted by Gasteiger charge is 2.04. The number of halogens is 1. The monoisotopic (exact) mass is 351 g/mol. The van der Waals surface area contributed by atoms with E-state index < -0.39 is 0 Å². The van der Waals surface area contributed by atoms with E-state index in [1.165, 1.54) is 0 Å². The van der Waals surface area contributed by atoms with E-state index >= 15 is 0 Å². The molecule has 25 heavy (non-hydrogen) atoms. The summed E-state index contributed by atoms with van der Waals surface area (Å²) >= 11 is 5.91. The van der Waals surface area contributed by atoms with Crippen LogP contribution in [-0.4, -0.2) is 11.0 Å². The Morgan fingerprint density at radius 1 is 0.920 bits per heavy atom. The van der Waals surface area contributed by atoms with Gasteiger partial charge in [-0.05, 0) is 53.4 Å². The van der Waals surface area contributed by atoms with Gasteiger partial charge in [0.2, 0.25) is 5.91 Å². The van der Waals surface area contributed by atoms with E-state index in [-0.39, 0.29) is 11.7 Å². The van der Waals surface area contributed by atoms with Gasteiger partial charge in [0.1, 0.15) is 5.75 Å². The Bertz CT molecular complexity index is 858. The molecule has 2 N–H and O–H groups in total. The first kappa shape index (κ1) is 17.1. The minimum absolute atomic E-state index is 0.0372. The van der Waals surface area contributed by atoms with E-state index in [0.29, 0.717) is 23.6 Å². The predicted molar refractivity (Wildman–Crippen MR) is 102 cm³/mol. The molecule has 0 spiro atoms. The number of phenols is 1. The van der Waals surface area contributed by atoms with Gasteiger partial charge in [-0.25, -0.2) is 0 Å². The fourth-order valence-corrected chi connectivity index (χ4v) is 2.76. The molecule has 0 atom stereocenters. The third-order valence-electron chi connectivity index (χ3n) is 3.90. The number of aromatic hydroxyl groups is 1. The normalized spacial score (nSPS) is 10.4. The third kappa shape index (κ3) is 4.85. The van der Waals surface area contributed by atoms with Crippen LogP contribution in [0.3, 0.4) is 0 Å². The van der Waals surface area contributed by atoms with Crippen LogP contribution < -0.4 is 5.32 Å². The van der Waals surface area contributed by atoms with E-state index in [1.807, 2.05) is 42.5 Å². The summed E-state index contributed by atoms with van der Waals surface area (Å²) in [6.07, 6.45) is 1.08. The van der Waals surface area contributed by atoms with Gasteiger partial charge in [-0.15, -0.1) is 0 Å². The number of anilines is 1. The Morgan fingerprint density at radius 3 is 2.20 bits per heavy atom. The molecule has 0 bridgehead atoms. The molecular formula is C21H18ClNO2. The molecule has 3 nitrogen and oxygen atoms in total. The summed E-state index contributed by atoms with van der Waals surface area (Å²) in [6, 6.07) is 22.3. The molecule has 1 amide bonds. The number of amides is 1. The molecule has 0 aliphatic heterocycles. The lowest BCUT2D eigenvalue weighted by atomic mass is 10.0. The zero-order chi connectivity index (χ0) is 17.6. The molecule has 0 fully saturated rings. The summed E-state index contributed by atoms with van der Waals surface area (Å²) < 4.78 is 0. The molecule has 126 valence electrons. The number of rotatable bonds is 5. The summed E-state index contributed by atoms with van der Waals surface area (Å²) in [4.78, 5) is 12.0. The van der Waals surface area contributed by atoms with Crippen LogP contribution >= 0.6 is 11.6 Å². The molecule has 3 rings (SSSR count). The van der Waals surface area contributed by atoms with Crippen LogP contribution in [0.2, 0.25) is 5.02 Å². The first-order valence-corrected chi connectivity index (χ1v) is 8.42. The van der Waals surface area contributed by atoms with Crippen molar-refractivity contribution in [2.45, 2.75) is 12.8 Å². The van der Waals surface area contributed by atoms with Crippen LogP contribution in [0.15, 0.2) is 72.8 Å². The van der Waals surface area contributed by atoms with Crippen molar-refractivity contribution in [2.24, 2.45) is 0 Å². The highest BCUT2D eigenvalue weighted by atomic mass is 35.5. The Hall–Kier alpha value is -2.78. The maximum atomic E-state index is 12.0. The first-order valence-electron chi connectivity index (χ1n) is 8.04. The Kier molecular flexibility index (Phi) is 5.36. The SMILES string of the molecule is O=C(CCc1ccc(-c2ccc(O)cc2)cc1)Nc1cccc(Cl)c1. The van der Waals surface area contributed by atoms with Gasteiger partial charge in [-0.1, -0.05) is 54.1 Å². The number of nitrogens with one attached hydrogen (secondary N) is 1. The second-order valence-corrected chi connectivity index (χ2v) is 6.24. The zero-order valence-corrected chi connectivity index (χ0v) is 14.3. The summed E-state index contributed by atoms with van der Waals surface area (Å²) in [5, 5.41) is 12.8. The molecule has 0 saturated carbocycles. The highest BCUT2D eigenvalue weighted by Crippen LogP contribution is 2.22. The van der Waals surface area contributed by atoms with Gasteiger partial charge in [-0.2, -0.15) is 0 Å². The van der Waals surface area contributed by atoms with Crippen molar-refractivity contribution in [3.8, 4) is 16.9 Å². The van der Waals surface area contributed by atoms with Crippen molar-refractivity contribution in [3.05, 3.63) is 83.4 Å². The van der Waals surface area contributed by atoms with Gasteiger partial charge in [0.15, 0.2) is 0 Å². The van der Waals surface area contributed by atoms with Crippen LogP contribution in [0.4, 0.5) is 5.69 Å². The van der Waals surface area contributed by atoms with Crippen LogP contribution in [0.1, 0.15) is 12.0 Å². The van der Waals surface area contributed by atoms with Crippen molar-refractivity contribution < 1.29 is 9.90 Å². The van der Waals surface area contributed by atoms with Gasteiger partial charge in [0.05, 0.1) is 0 Å². The van der Waals surface area contributed by atoms with Gasteiger partial charge >= 0.3 is 0 Å². The van der Waals surface area contributed by atoms with Crippen molar-refractivity contribution in [3.63, 3.8) is 0 Å². The van der Waals surface area contributed by atoms with E-state index in [9.17, 15) is 9.90 Å². The van der Waals surface area contributed by atoms with E-state index in [1.54, 1.807) is 30.3 Å². The molecule has 0 heterocycles. The van der Waals surface area contributed by atoms with Crippen LogP contribution in [0.5, 0.6) is 5.75 Å². The molecular weight excluding hydrogens is 334 g/mol. The quantitative estimate of drug-likeness (QED) is 0.656. The Morgan fingerprint density at radius 2 is 1.56 bits per heavy atom.